The first-order valence-electron chi connectivity index (χ1n) is 4.83. The van der Waals surface area contributed by atoms with Crippen LogP contribution in [0, 0.1) is 11.6 Å². The zero-order valence-corrected chi connectivity index (χ0v) is 10.3. The molecule has 0 bridgehead atoms. The van der Waals surface area contributed by atoms with E-state index in [-0.39, 0.29) is 11.5 Å². The number of hydrogen-bond acceptors (Lipinski definition) is 2. The number of nitrogens with two attached hydrogens (primary N) is 1. The van der Waals surface area contributed by atoms with Crippen LogP contribution in [0.1, 0.15) is 0 Å². The number of anilines is 3. The summed E-state index contributed by atoms with van der Waals surface area (Å²) in [6.07, 6.45) is 0. The Kier molecular flexibility index (Phi) is 3.28. The molecule has 0 aliphatic heterocycles. The first-order valence-corrected chi connectivity index (χ1v) is 5.62. The molecule has 0 unspecified atom stereocenters. The Hall–Kier alpha value is -1.62. The van der Waals surface area contributed by atoms with Crippen LogP contribution in [0.2, 0.25) is 0 Å². The highest BCUT2D eigenvalue weighted by atomic mass is 79.9. The predicted octanol–water partition coefficient (Wildman–Crippen LogP) is 4.05. The molecule has 0 saturated carbocycles. The number of nitrogens with one attached hydrogen (secondary N) is 1. The van der Waals surface area contributed by atoms with Gasteiger partial charge in [0.15, 0.2) is 0 Å². The lowest BCUT2D eigenvalue weighted by atomic mass is 10.2. The van der Waals surface area contributed by atoms with E-state index in [0.29, 0.717) is 15.8 Å². The standard InChI is InChI=1S/C12H9BrF2N2/c13-9-5-12(11(16)6-10(9)15)17-8-3-1-2-7(14)4-8/h1-6,17H,16H2. The van der Waals surface area contributed by atoms with Crippen LogP contribution in [0.4, 0.5) is 25.8 Å². The van der Waals surface area contributed by atoms with Gasteiger partial charge in [0.25, 0.3) is 0 Å². The van der Waals surface area contributed by atoms with Gasteiger partial charge in [-0.15, -0.1) is 0 Å². The SMILES string of the molecule is Nc1cc(F)c(Br)cc1Nc1cccc(F)c1. The monoisotopic (exact) mass is 298 g/mol. The molecule has 0 fully saturated rings. The first-order chi connectivity index (χ1) is 8.06. The maximum absolute atomic E-state index is 13.1. The van der Waals surface area contributed by atoms with Crippen LogP contribution < -0.4 is 11.1 Å². The van der Waals surface area contributed by atoms with Crippen molar-refractivity contribution in [3.8, 4) is 0 Å². The fraction of sp³-hybridized carbons (Fsp3) is 0. The van der Waals surface area contributed by atoms with E-state index in [1.807, 2.05) is 0 Å². The lowest BCUT2D eigenvalue weighted by Crippen LogP contribution is -1.98. The fourth-order valence-corrected chi connectivity index (χ4v) is 1.74. The van der Waals surface area contributed by atoms with Gasteiger partial charge in [-0.25, -0.2) is 8.78 Å². The van der Waals surface area contributed by atoms with Gasteiger partial charge in [0.05, 0.1) is 15.8 Å². The molecule has 0 radical (unpaired) electrons. The second kappa shape index (κ2) is 4.71. The lowest BCUT2D eigenvalue weighted by Gasteiger charge is -2.10. The minimum absolute atomic E-state index is 0.259. The fourth-order valence-electron chi connectivity index (χ4n) is 1.39. The van der Waals surface area contributed by atoms with Crippen molar-refractivity contribution in [3.63, 3.8) is 0 Å². The predicted molar refractivity (Wildman–Crippen MR) is 68.2 cm³/mol. The summed E-state index contributed by atoms with van der Waals surface area (Å²) in [5.41, 5.74) is 6.99. The van der Waals surface area contributed by atoms with Gasteiger partial charge < -0.3 is 11.1 Å². The molecule has 0 saturated heterocycles. The van der Waals surface area contributed by atoms with Crippen molar-refractivity contribution in [2.75, 3.05) is 11.1 Å². The molecule has 0 spiro atoms. The largest absolute Gasteiger partial charge is 0.397 e. The Bertz CT molecular complexity index is 558. The summed E-state index contributed by atoms with van der Waals surface area (Å²) >= 11 is 3.06. The van der Waals surface area contributed by atoms with Gasteiger partial charge in [0.1, 0.15) is 11.6 Å². The minimum Gasteiger partial charge on any atom is -0.397 e. The molecule has 2 aromatic carbocycles. The first kappa shape index (κ1) is 11.9. The van der Waals surface area contributed by atoms with E-state index >= 15 is 0 Å². The maximum atomic E-state index is 13.1. The van der Waals surface area contributed by atoms with E-state index in [0.717, 1.165) is 0 Å². The molecular weight excluding hydrogens is 290 g/mol. The topological polar surface area (TPSA) is 38.0 Å². The zero-order valence-electron chi connectivity index (χ0n) is 8.68. The highest BCUT2D eigenvalue weighted by Crippen LogP contribution is 2.29. The van der Waals surface area contributed by atoms with E-state index in [1.165, 1.54) is 24.3 Å². The molecular formula is C12H9BrF2N2. The molecule has 3 N–H and O–H groups in total. The quantitative estimate of drug-likeness (QED) is 0.821. The minimum atomic E-state index is -0.438. The molecule has 2 nitrogen and oxygen atoms in total. The summed E-state index contributed by atoms with van der Waals surface area (Å²) < 4.78 is 26.4. The molecule has 0 amide bonds. The van der Waals surface area contributed by atoms with Crippen molar-refractivity contribution in [1.29, 1.82) is 0 Å². The maximum Gasteiger partial charge on any atom is 0.139 e. The van der Waals surface area contributed by atoms with Gasteiger partial charge in [-0.05, 0) is 40.2 Å². The summed E-state index contributed by atoms with van der Waals surface area (Å²) in [5.74, 6) is -0.790. The molecule has 0 aliphatic rings. The van der Waals surface area contributed by atoms with Crippen LogP contribution in [-0.4, -0.2) is 0 Å². The van der Waals surface area contributed by atoms with E-state index in [9.17, 15) is 8.78 Å². The summed E-state index contributed by atoms with van der Waals surface area (Å²) in [6, 6.07) is 8.65. The molecule has 5 heteroatoms. The van der Waals surface area contributed by atoms with Gasteiger partial charge in [-0.1, -0.05) is 6.07 Å². The lowest BCUT2D eigenvalue weighted by molar-refractivity contribution is 0.622. The van der Waals surface area contributed by atoms with Crippen molar-refractivity contribution < 1.29 is 8.78 Å². The highest BCUT2D eigenvalue weighted by molar-refractivity contribution is 9.10. The molecule has 2 rings (SSSR count). The smallest absolute Gasteiger partial charge is 0.139 e. The third-order valence-electron chi connectivity index (χ3n) is 2.20. The Morgan fingerprint density at radius 2 is 1.88 bits per heavy atom. The van der Waals surface area contributed by atoms with Gasteiger partial charge in [-0.2, -0.15) is 0 Å². The summed E-state index contributed by atoms with van der Waals surface area (Å²) in [6.45, 7) is 0. The average molecular weight is 299 g/mol. The van der Waals surface area contributed by atoms with Gasteiger partial charge >= 0.3 is 0 Å². The van der Waals surface area contributed by atoms with Crippen LogP contribution >= 0.6 is 15.9 Å². The number of halogens is 3. The molecule has 2 aromatic rings. The Labute approximate surface area is 106 Å². The molecule has 17 heavy (non-hydrogen) atoms. The summed E-state index contributed by atoms with van der Waals surface area (Å²) in [4.78, 5) is 0. The molecule has 0 aliphatic carbocycles. The average Bonchev–Trinajstić information content (AvgIpc) is 2.26. The van der Waals surface area contributed by atoms with Crippen LogP contribution in [0.5, 0.6) is 0 Å². The second-order valence-electron chi connectivity index (χ2n) is 3.49. The highest BCUT2D eigenvalue weighted by Gasteiger charge is 2.06. The third-order valence-corrected chi connectivity index (χ3v) is 2.80. The molecule has 0 aromatic heterocycles. The van der Waals surface area contributed by atoms with E-state index in [2.05, 4.69) is 21.2 Å². The number of benzene rings is 2. The normalized spacial score (nSPS) is 10.3. The van der Waals surface area contributed by atoms with Crippen LogP contribution in [0.3, 0.4) is 0 Å². The van der Waals surface area contributed by atoms with Gasteiger partial charge in [0.2, 0.25) is 0 Å². The number of hydrogen-bond donors (Lipinski definition) is 2. The van der Waals surface area contributed by atoms with E-state index in [1.54, 1.807) is 12.1 Å². The Balaban J connectivity index is 2.33. The van der Waals surface area contributed by atoms with Crippen molar-refractivity contribution in [2.24, 2.45) is 0 Å². The van der Waals surface area contributed by atoms with E-state index < -0.39 is 5.82 Å². The van der Waals surface area contributed by atoms with Crippen LogP contribution in [0.25, 0.3) is 0 Å². The van der Waals surface area contributed by atoms with Gasteiger partial charge in [0, 0.05) is 11.8 Å². The second-order valence-corrected chi connectivity index (χ2v) is 4.34. The van der Waals surface area contributed by atoms with Crippen LogP contribution in [-0.2, 0) is 0 Å². The number of rotatable bonds is 2. The molecule has 0 heterocycles. The molecule has 0 atom stereocenters. The van der Waals surface area contributed by atoms with Crippen molar-refractivity contribution in [2.45, 2.75) is 0 Å². The Morgan fingerprint density at radius 3 is 2.59 bits per heavy atom. The van der Waals surface area contributed by atoms with Crippen LogP contribution in [0.15, 0.2) is 40.9 Å². The van der Waals surface area contributed by atoms with Gasteiger partial charge in [-0.3, -0.25) is 0 Å². The zero-order chi connectivity index (χ0) is 12.4. The van der Waals surface area contributed by atoms with Crippen molar-refractivity contribution in [3.05, 3.63) is 52.5 Å². The summed E-state index contributed by atoms with van der Waals surface area (Å²) in [5, 5.41) is 2.92. The number of nitrogen functional groups attached to an aromatic ring is 1. The Morgan fingerprint density at radius 1 is 1.12 bits per heavy atom. The van der Waals surface area contributed by atoms with E-state index in [4.69, 9.17) is 5.73 Å². The third kappa shape index (κ3) is 2.74. The van der Waals surface area contributed by atoms with Crippen molar-refractivity contribution in [1.82, 2.24) is 0 Å². The summed E-state index contributed by atoms with van der Waals surface area (Å²) in [7, 11) is 0. The van der Waals surface area contributed by atoms with Crippen molar-refractivity contribution >= 4 is 33.0 Å². The molecule has 88 valence electrons.